The van der Waals surface area contributed by atoms with Gasteiger partial charge in [-0.05, 0) is 54.2 Å². The molecule has 0 unspecified atom stereocenters. The van der Waals surface area contributed by atoms with Gasteiger partial charge in [0.1, 0.15) is 5.75 Å². The van der Waals surface area contributed by atoms with E-state index < -0.39 is 4.92 Å². The lowest BCUT2D eigenvalue weighted by molar-refractivity contribution is -0.384. The van der Waals surface area contributed by atoms with Crippen LogP contribution < -0.4 is 4.74 Å². The SMILES string of the molecule is COc1ccc(-c2nnc(Sc3nc4ccc([N+](=O)[O-])cc4s3)n2-c2ccccc2)cc1. The molecule has 0 amide bonds. The number of rotatable bonds is 6. The monoisotopic (exact) mass is 461 g/mol. The van der Waals surface area contributed by atoms with Crippen LogP contribution in [0.4, 0.5) is 5.69 Å². The van der Waals surface area contributed by atoms with Gasteiger partial charge in [0.2, 0.25) is 5.16 Å². The molecular formula is C22H15N5O3S2. The number of aromatic nitrogens is 4. The lowest BCUT2D eigenvalue weighted by atomic mass is 10.2. The second kappa shape index (κ2) is 8.40. The molecule has 0 atom stereocenters. The summed E-state index contributed by atoms with van der Waals surface area (Å²) < 4.78 is 8.71. The third-order valence-corrected chi connectivity index (χ3v) is 6.76. The Morgan fingerprint density at radius 3 is 2.53 bits per heavy atom. The van der Waals surface area contributed by atoms with E-state index in [4.69, 9.17) is 4.74 Å². The van der Waals surface area contributed by atoms with Crippen LogP contribution in [0.15, 0.2) is 82.3 Å². The number of methoxy groups -OCH3 is 1. The molecule has 158 valence electrons. The Hall–Kier alpha value is -3.76. The quantitative estimate of drug-likeness (QED) is 0.239. The summed E-state index contributed by atoms with van der Waals surface area (Å²) in [6, 6.07) is 22.2. The zero-order valence-corrected chi connectivity index (χ0v) is 18.3. The van der Waals surface area contributed by atoms with Crippen LogP contribution in [0.2, 0.25) is 0 Å². The van der Waals surface area contributed by atoms with Gasteiger partial charge in [-0.2, -0.15) is 0 Å². The van der Waals surface area contributed by atoms with Crippen molar-refractivity contribution in [1.82, 2.24) is 19.7 Å². The largest absolute Gasteiger partial charge is 0.497 e. The van der Waals surface area contributed by atoms with Crippen molar-refractivity contribution in [3.63, 3.8) is 0 Å². The molecule has 0 spiro atoms. The first-order valence-corrected chi connectivity index (χ1v) is 11.1. The highest BCUT2D eigenvalue weighted by Crippen LogP contribution is 2.37. The van der Waals surface area contributed by atoms with Crippen LogP contribution in [0, 0.1) is 10.1 Å². The van der Waals surface area contributed by atoms with Gasteiger partial charge in [-0.3, -0.25) is 14.7 Å². The first-order chi connectivity index (χ1) is 15.6. The Kier molecular flexibility index (Phi) is 5.29. The van der Waals surface area contributed by atoms with Crippen molar-refractivity contribution in [1.29, 1.82) is 0 Å². The van der Waals surface area contributed by atoms with Crippen LogP contribution in [0.5, 0.6) is 5.75 Å². The number of ether oxygens (including phenoxy) is 1. The van der Waals surface area contributed by atoms with E-state index in [2.05, 4.69) is 15.2 Å². The van der Waals surface area contributed by atoms with Gasteiger partial charge < -0.3 is 4.74 Å². The summed E-state index contributed by atoms with van der Waals surface area (Å²) in [6.07, 6.45) is 0. The molecule has 0 N–H and O–H groups in total. The molecule has 8 nitrogen and oxygen atoms in total. The van der Waals surface area contributed by atoms with Crippen LogP contribution >= 0.6 is 23.1 Å². The molecule has 5 aromatic rings. The fraction of sp³-hybridized carbons (Fsp3) is 0.0455. The zero-order chi connectivity index (χ0) is 22.1. The first kappa shape index (κ1) is 20.2. The fourth-order valence-electron chi connectivity index (χ4n) is 3.20. The van der Waals surface area contributed by atoms with Gasteiger partial charge in [0.25, 0.3) is 5.69 Å². The summed E-state index contributed by atoms with van der Waals surface area (Å²) in [5, 5.41) is 20.6. The van der Waals surface area contributed by atoms with Gasteiger partial charge in [0.15, 0.2) is 10.2 Å². The molecule has 2 heterocycles. The fourth-order valence-corrected chi connectivity index (χ4v) is 5.26. The molecule has 2 aromatic heterocycles. The van der Waals surface area contributed by atoms with E-state index in [0.29, 0.717) is 16.5 Å². The van der Waals surface area contributed by atoms with Crippen molar-refractivity contribution in [3.8, 4) is 22.8 Å². The summed E-state index contributed by atoms with van der Waals surface area (Å²) in [7, 11) is 1.63. The number of nitro groups is 1. The van der Waals surface area contributed by atoms with Crippen LogP contribution in [0.1, 0.15) is 0 Å². The Morgan fingerprint density at radius 1 is 1.03 bits per heavy atom. The molecule has 0 aliphatic carbocycles. The van der Waals surface area contributed by atoms with Crippen molar-refractivity contribution >= 4 is 39.0 Å². The predicted molar refractivity (Wildman–Crippen MR) is 124 cm³/mol. The number of hydrogen-bond donors (Lipinski definition) is 0. The van der Waals surface area contributed by atoms with Crippen LogP contribution in [-0.2, 0) is 0 Å². The standard InChI is InChI=1S/C22H15N5O3S2/c1-30-17-10-7-14(8-11-17)20-24-25-21(26(20)15-5-3-2-4-6-15)32-22-23-18-12-9-16(27(28)29)13-19(18)31-22/h2-13H,1H3. The van der Waals surface area contributed by atoms with Gasteiger partial charge in [0.05, 0.1) is 22.2 Å². The van der Waals surface area contributed by atoms with E-state index in [1.807, 2.05) is 59.2 Å². The molecule has 3 aromatic carbocycles. The number of non-ortho nitro benzene ring substituents is 1. The Balaban J connectivity index is 1.57. The van der Waals surface area contributed by atoms with E-state index >= 15 is 0 Å². The third kappa shape index (κ3) is 3.81. The summed E-state index contributed by atoms with van der Waals surface area (Å²) in [5.41, 5.74) is 2.58. The van der Waals surface area contributed by atoms with Crippen molar-refractivity contribution in [2.45, 2.75) is 9.50 Å². The number of thiazole rings is 1. The summed E-state index contributed by atoms with van der Waals surface area (Å²) >= 11 is 2.76. The lowest BCUT2D eigenvalue weighted by Crippen LogP contribution is -1.99. The normalized spacial score (nSPS) is 11.0. The molecular weight excluding hydrogens is 446 g/mol. The molecule has 10 heteroatoms. The topological polar surface area (TPSA) is 96.0 Å². The molecule has 0 bridgehead atoms. The highest BCUT2D eigenvalue weighted by atomic mass is 32.2. The summed E-state index contributed by atoms with van der Waals surface area (Å²) in [6.45, 7) is 0. The van der Waals surface area contributed by atoms with E-state index in [1.54, 1.807) is 19.2 Å². The number of para-hydroxylation sites is 1. The number of fused-ring (bicyclic) bond motifs is 1. The second-order valence-electron chi connectivity index (χ2n) is 6.70. The van der Waals surface area contributed by atoms with Gasteiger partial charge >= 0.3 is 0 Å². The van der Waals surface area contributed by atoms with Crippen LogP contribution in [0.25, 0.3) is 27.3 Å². The van der Waals surface area contributed by atoms with Gasteiger partial charge in [-0.1, -0.05) is 18.2 Å². The average Bonchev–Trinajstić information content (AvgIpc) is 3.43. The van der Waals surface area contributed by atoms with E-state index in [-0.39, 0.29) is 5.69 Å². The molecule has 0 radical (unpaired) electrons. The highest BCUT2D eigenvalue weighted by molar-refractivity contribution is 8.01. The van der Waals surface area contributed by atoms with Crippen molar-refractivity contribution in [2.75, 3.05) is 7.11 Å². The predicted octanol–water partition coefficient (Wildman–Crippen LogP) is 5.61. The Labute approximate surface area is 190 Å². The smallest absolute Gasteiger partial charge is 0.270 e. The molecule has 0 fully saturated rings. The first-order valence-electron chi connectivity index (χ1n) is 9.50. The number of hydrogen-bond acceptors (Lipinski definition) is 8. The van der Waals surface area contributed by atoms with Gasteiger partial charge in [0, 0.05) is 23.4 Å². The van der Waals surface area contributed by atoms with Gasteiger partial charge in [-0.15, -0.1) is 21.5 Å². The minimum Gasteiger partial charge on any atom is -0.497 e. The summed E-state index contributed by atoms with van der Waals surface area (Å²) in [4.78, 5) is 15.3. The minimum absolute atomic E-state index is 0.0481. The lowest BCUT2D eigenvalue weighted by Gasteiger charge is -2.10. The maximum Gasteiger partial charge on any atom is 0.270 e. The van der Waals surface area contributed by atoms with Gasteiger partial charge in [-0.25, -0.2) is 4.98 Å². The Bertz CT molecular complexity index is 1420. The maximum atomic E-state index is 11.1. The highest BCUT2D eigenvalue weighted by Gasteiger charge is 2.19. The van der Waals surface area contributed by atoms with Crippen LogP contribution in [-0.4, -0.2) is 31.8 Å². The minimum atomic E-state index is -0.404. The molecule has 0 aliphatic heterocycles. The van der Waals surface area contributed by atoms with Crippen molar-refractivity contribution in [2.24, 2.45) is 0 Å². The van der Waals surface area contributed by atoms with E-state index in [1.165, 1.54) is 29.2 Å². The average molecular weight is 462 g/mol. The molecule has 0 aliphatic rings. The number of nitro benzene ring substituents is 1. The zero-order valence-electron chi connectivity index (χ0n) is 16.7. The molecule has 0 saturated heterocycles. The maximum absolute atomic E-state index is 11.1. The van der Waals surface area contributed by atoms with E-state index in [9.17, 15) is 10.1 Å². The van der Waals surface area contributed by atoms with E-state index in [0.717, 1.165) is 26.0 Å². The van der Waals surface area contributed by atoms with Crippen molar-refractivity contribution in [3.05, 3.63) is 82.9 Å². The molecule has 5 rings (SSSR count). The second-order valence-corrected chi connectivity index (χ2v) is 8.94. The molecule has 32 heavy (non-hydrogen) atoms. The third-order valence-electron chi connectivity index (χ3n) is 4.74. The van der Waals surface area contributed by atoms with Crippen molar-refractivity contribution < 1.29 is 9.66 Å². The molecule has 0 saturated carbocycles. The number of nitrogens with zero attached hydrogens (tertiary/aromatic N) is 5. The Morgan fingerprint density at radius 2 is 1.81 bits per heavy atom. The number of benzene rings is 3. The summed E-state index contributed by atoms with van der Waals surface area (Å²) in [5.74, 6) is 1.45. The van der Waals surface area contributed by atoms with Crippen LogP contribution in [0.3, 0.4) is 0 Å².